The Hall–Kier alpha value is -3.63. The number of methoxy groups -OCH3 is 1. The Labute approximate surface area is 246 Å². The molecule has 3 aromatic carbocycles. The van der Waals surface area contributed by atoms with Crippen molar-refractivity contribution in [3.05, 3.63) is 89.2 Å². The van der Waals surface area contributed by atoms with Gasteiger partial charge in [0.15, 0.2) is 0 Å². The van der Waals surface area contributed by atoms with E-state index in [1.807, 2.05) is 13.8 Å². The lowest BCUT2D eigenvalue weighted by Gasteiger charge is -2.33. The molecule has 0 fully saturated rings. The second-order valence-corrected chi connectivity index (χ2v) is 12.1. The zero-order chi connectivity index (χ0) is 30.2. The molecule has 0 radical (unpaired) electrons. The molecule has 0 aliphatic rings. The smallest absolute Gasteiger partial charge is 0.264 e. The van der Waals surface area contributed by atoms with E-state index in [0.29, 0.717) is 22.9 Å². The van der Waals surface area contributed by atoms with Gasteiger partial charge in [0.05, 0.1) is 17.7 Å². The van der Waals surface area contributed by atoms with E-state index < -0.39 is 34.3 Å². The molecule has 0 heterocycles. The number of benzene rings is 3. The van der Waals surface area contributed by atoms with Crippen LogP contribution in [0.3, 0.4) is 0 Å². The van der Waals surface area contributed by atoms with Gasteiger partial charge < -0.3 is 15.0 Å². The van der Waals surface area contributed by atoms with Crippen molar-refractivity contribution in [3.63, 3.8) is 0 Å². The fourth-order valence-corrected chi connectivity index (χ4v) is 5.77. The van der Waals surface area contributed by atoms with Crippen LogP contribution in [0.5, 0.6) is 5.75 Å². The normalized spacial score (nSPS) is 12.1. The Morgan fingerprint density at radius 3 is 2.20 bits per heavy atom. The lowest BCUT2D eigenvalue weighted by Crippen LogP contribution is -2.52. The molecule has 0 saturated carbocycles. The Morgan fingerprint density at radius 2 is 1.63 bits per heavy atom. The highest BCUT2D eigenvalue weighted by molar-refractivity contribution is 7.92. The first-order chi connectivity index (χ1) is 19.5. The van der Waals surface area contributed by atoms with Crippen molar-refractivity contribution in [1.29, 1.82) is 0 Å². The van der Waals surface area contributed by atoms with Crippen LogP contribution in [0.4, 0.5) is 10.1 Å². The number of hydrogen-bond donors (Lipinski definition) is 1. The summed E-state index contributed by atoms with van der Waals surface area (Å²) in [6.45, 7) is 5.44. The van der Waals surface area contributed by atoms with Gasteiger partial charge in [0.2, 0.25) is 11.8 Å². The predicted octanol–water partition coefficient (Wildman–Crippen LogP) is 5.26. The fraction of sp³-hybridized carbons (Fsp3) is 0.333. The van der Waals surface area contributed by atoms with E-state index in [0.717, 1.165) is 16.4 Å². The molecule has 220 valence electrons. The van der Waals surface area contributed by atoms with E-state index in [1.165, 1.54) is 48.4 Å². The number of rotatable bonds is 13. The molecule has 1 unspecified atom stereocenters. The summed E-state index contributed by atoms with van der Waals surface area (Å²) >= 11 is 6.41. The van der Waals surface area contributed by atoms with Gasteiger partial charge in [-0.1, -0.05) is 50.6 Å². The van der Waals surface area contributed by atoms with Gasteiger partial charge >= 0.3 is 0 Å². The number of carbonyl (C=O) groups is 2. The van der Waals surface area contributed by atoms with Crippen LogP contribution in [-0.2, 0) is 26.2 Å². The van der Waals surface area contributed by atoms with Gasteiger partial charge in [-0.15, -0.1) is 0 Å². The van der Waals surface area contributed by atoms with E-state index >= 15 is 0 Å². The lowest BCUT2D eigenvalue weighted by molar-refractivity contribution is -0.140. The maximum absolute atomic E-state index is 14.0. The van der Waals surface area contributed by atoms with Gasteiger partial charge in [0, 0.05) is 18.1 Å². The molecule has 0 aromatic heterocycles. The third-order valence-corrected chi connectivity index (χ3v) is 8.57. The summed E-state index contributed by atoms with van der Waals surface area (Å²) in [7, 11) is -2.83. The molecular formula is C30H35ClFN3O5S. The van der Waals surface area contributed by atoms with Crippen molar-refractivity contribution in [2.24, 2.45) is 5.92 Å². The first kappa shape index (κ1) is 31.9. The van der Waals surface area contributed by atoms with Crippen molar-refractivity contribution in [1.82, 2.24) is 10.2 Å². The van der Waals surface area contributed by atoms with Crippen LogP contribution in [0.2, 0.25) is 5.02 Å². The number of nitrogens with one attached hydrogen (secondary N) is 1. The summed E-state index contributed by atoms with van der Waals surface area (Å²) in [5.41, 5.74) is 0.689. The Morgan fingerprint density at radius 1 is 1.00 bits per heavy atom. The maximum Gasteiger partial charge on any atom is 0.264 e. The Balaban J connectivity index is 2.05. The van der Waals surface area contributed by atoms with E-state index in [-0.39, 0.29) is 35.4 Å². The molecule has 3 aromatic rings. The van der Waals surface area contributed by atoms with Crippen LogP contribution >= 0.6 is 11.6 Å². The van der Waals surface area contributed by atoms with Crippen molar-refractivity contribution in [2.75, 3.05) is 24.5 Å². The molecule has 2 amide bonds. The molecule has 41 heavy (non-hydrogen) atoms. The van der Waals surface area contributed by atoms with Gasteiger partial charge in [0.25, 0.3) is 10.0 Å². The number of anilines is 1. The van der Waals surface area contributed by atoms with Crippen molar-refractivity contribution in [3.8, 4) is 5.75 Å². The van der Waals surface area contributed by atoms with Crippen LogP contribution in [0.25, 0.3) is 0 Å². The van der Waals surface area contributed by atoms with Gasteiger partial charge in [-0.2, -0.15) is 0 Å². The molecule has 0 aliphatic heterocycles. The molecule has 3 rings (SSSR count). The summed E-state index contributed by atoms with van der Waals surface area (Å²) in [6, 6.07) is 16.6. The molecule has 8 nitrogen and oxygen atoms in total. The number of carbonyl (C=O) groups excluding carboxylic acids is 2. The molecule has 1 atom stereocenters. The van der Waals surface area contributed by atoms with Gasteiger partial charge in [-0.05, 0) is 72.5 Å². The summed E-state index contributed by atoms with van der Waals surface area (Å²) < 4.78 is 47.5. The Bertz CT molecular complexity index is 1430. The third-order valence-electron chi connectivity index (χ3n) is 6.41. The molecule has 1 N–H and O–H groups in total. The second kappa shape index (κ2) is 14.3. The molecule has 0 saturated heterocycles. The summed E-state index contributed by atoms with van der Waals surface area (Å²) in [5, 5.41) is 3.28. The zero-order valence-electron chi connectivity index (χ0n) is 23.5. The van der Waals surface area contributed by atoms with E-state index in [9.17, 15) is 22.4 Å². The van der Waals surface area contributed by atoms with Crippen LogP contribution in [0.1, 0.15) is 32.8 Å². The van der Waals surface area contributed by atoms with Gasteiger partial charge in [-0.25, -0.2) is 12.8 Å². The van der Waals surface area contributed by atoms with E-state index in [2.05, 4.69) is 5.32 Å². The maximum atomic E-state index is 14.0. The standard InChI is InChI=1S/C30H35ClFN3O5S/c1-5-28(30(37)33-18-21(2)3)34(19-22-8-6-7-9-27(22)31)29(36)20-35(24-12-10-23(32)11-13-24)41(38,39)26-16-14-25(40-4)15-17-26/h6-17,21,28H,5,18-20H2,1-4H3,(H,33,37). The predicted molar refractivity (Wildman–Crippen MR) is 158 cm³/mol. The molecular weight excluding hydrogens is 569 g/mol. The SMILES string of the molecule is CCC(C(=O)NCC(C)C)N(Cc1ccccc1Cl)C(=O)CN(c1ccc(F)cc1)S(=O)(=O)c1ccc(OC)cc1. The lowest BCUT2D eigenvalue weighted by atomic mass is 10.1. The van der Waals surface area contributed by atoms with E-state index in [4.69, 9.17) is 16.3 Å². The quantitative estimate of drug-likeness (QED) is 0.287. The van der Waals surface area contributed by atoms with Gasteiger partial charge in [0.1, 0.15) is 24.2 Å². The monoisotopic (exact) mass is 603 g/mol. The third kappa shape index (κ3) is 8.20. The highest BCUT2D eigenvalue weighted by Gasteiger charge is 2.34. The number of nitrogens with zero attached hydrogens (tertiary/aromatic N) is 2. The number of ether oxygens (including phenoxy) is 1. The number of sulfonamides is 1. The average Bonchev–Trinajstić information content (AvgIpc) is 2.96. The minimum Gasteiger partial charge on any atom is -0.497 e. The Kier molecular flexibility index (Phi) is 11.1. The summed E-state index contributed by atoms with van der Waals surface area (Å²) in [5.74, 6) is -0.897. The number of amides is 2. The topological polar surface area (TPSA) is 96.0 Å². The summed E-state index contributed by atoms with van der Waals surface area (Å²) in [6.07, 6.45) is 0.280. The van der Waals surface area contributed by atoms with Crippen molar-refractivity contribution >= 4 is 39.1 Å². The second-order valence-electron chi connectivity index (χ2n) is 9.84. The first-order valence-electron chi connectivity index (χ1n) is 13.2. The van der Waals surface area contributed by atoms with Crippen LogP contribution in [-0.4, -0.2) is 51.4 Å². The molecule has 11 heteroatoms. The first-order valence-corrected chi connectivity index (χ1v) is 15.0. The van der Waals surface area contributed by atoms with Crippen molar-refractivity contribution in [2.45, 2.75) is 44.7 Å². The van der Waals surface area contributed by atoms with Crippen LogP contribution in [0.15, 0.2) is 77.7 Å². The van der Waals surface area contributed by atoms with E-state index in [1.54, 1.807) is 31.2 Å². The average molecular weight is 604 g/mol. The largest absolute Gasteiger partial charge is 0.497 e. The highest BCUT2D eigenvalue weighted by Crippen LogP contribution is 2.27. The van der Waals surface area contributed by atoms with Crippen LogP contribution < -0.4 is 14.4 Å². The van der Waals surface area contributed by atoms with Crippen LogP contribution in [0, 0.1) is 11.7 Å². The number of hydrogen-bond acceptors (Lipinski definition) is 5. The zero-order valence-corrected chi connectivity index (χ0v) is 25.1. The molecule has 0 aliphatic carbocycles. The fourth-order valence-electron chi connectivity index (χ4n) is 4.16. The minimum absolute atomic E-state index is 0.0219. The molecule has 0 bridgehead atoms. The van der Waals surface area contributed by atoms with Gasteiger partial charge in [-0.3, -0.25) is 13.9 Å². The molecule has 0 spiro atoms. The number of halogens is 2. The van der Waals surface area contributed by atoms with Crippen molar-refractivity contribution < 1.29 is 27.1 Å². The summed E-state index contributed by atoms with van der Waals surface area (Å²) in [4.78, 5) is 28.5. The highest BCUT2D eigenvalue weighted by atomic mass is 35.5. The minimum atomic E-state index is -4.29.